The van der Waals surface area contributed by atoms with E-state index in [-0.39, 0.29) is 17.6 Å². The largest absolute Gasteiger partial charge is 0.329 e. The predicted molar refractivity (Wildman–Crippen MR) is 88.7 cm³/mol. The van der Waals surface area contributed by atoms with Gasteiger partial charge in [-0.1, -0.05) is 28.1 Å². The lowest BCUT2D eigenvalue weighted by Gasteiger charge is -2.21. The first-order valence-corrected chi connectivity index (χ1v) is 9.37. The van der Waals surface area contributed by atoms with Gasteiger partial charge in [0.1, 0.15) is 5.01 Å². The van der Waals surface area contributed by atoms with Crippen LogP contribution in [0, 0.1) is 0 Å². The van der Waals surface area contributed by atoms with E-state index in [9.17, 15) is 8.42 Å². The van der Waals surface area contributed by atoms with E-state index < -0.39 is 10.0 Å². The fourth-order valence-electron chi connectivity index (χ4n) is 1.64. The van der Waals surface area contributed by atoms with Crippen molar-refractivity contribution in [3.8, 4) is 10.6 Å². The Morgan fingerprint density at radius 3 is 2.57 bits per heavy atom. The van der Waals surface area contributed by atoms with Crippen molar-refractivity contribution in [3.63, 3.8) is 0 Å². The number of rotatable bonds is 5. The first-order valence-electron chi connectivity index (χ1n) is 6.26. The fourth-order valence-corrected chi connectivity index (χ4v) is 4.34. The highest BCUT2D eigenvalue weighted by atomic mass is 79.9. The fraction of sp³-hybridized carbons (Fsp3) is 0.308. The number of aromatic nitrogens is 1. The summed E-state index contributed by atoms with van der Waals surface area (Å²) in [4.78, 5) is 4.25. The summed E-state index contributed by atoms with van der Waals surface area (Å²) >= 11 is 4.68. The number of nitrogens with zero attached hydrogens (tertiary/aromatic N) is 2. The molecule has 0 aliphatic rings. The lowest BCUT2D eigenvalue weighted by molar-refractivity contribution is 0.393. The first kappa shape index (κ1) is 16.6. The monoisotopic (exact) mass is 389 g/mol. The number of hydrogen-bond acceptors (Lipinski definition) is 5. The molecule has 2 rings (SSSR count). The van der Waals surface area contributed by atoms with Gasteiger partial charge in [0.25, 0.3) is 10.0 Å². The molecule has 5 nitrogen and oxygen atoms in total. The molecule has 1 unspecified atom stereocenters. The molecule has 1 heterocycles. The van der Waals surface area contributed by atoms with Crippen molar-refractivity contribution in [2.24, 2.45) is 5.73 Å². The summed E-state index contributed by atoms with van der Waals surface area (Å²) in [6, 6.07) is 7.31. The maximum Gasteiger partial charge on any atom is 0.261 e. The molecule has 114 valence electrons. The Morgan fingerprint density at radius 2 is 2.00 bits per heavy atom. The summed E-state index contributed by atoms with van der Waals surface area (Å²) in [5.41, 5.74) is 6.42. The normalized spacial score (nSPS) is 13.6. The van der Waals surface area contributed by atoms with Gasteiger partial charge < -0.3 is 5.73 Å². The highest BCUT2D eigenvalue weighted by Gasteiger charge is 2.27. The lowest BCUT2D eigenvalue weighted by Crippen LogP contribution is -2.39. The number of benzene rings is 1. The average Bonchev–Trinajstić information content (AvgIpc) is 2.97. The molecule has 8 heteroatoms. The van der Waals surface area contributed by atoms with E-state index in [0.717, 1.165) is 10.0 Å². The molecule has 0 amide bonds. The van der Waals surface area contributed by atoms with Crippen LogP contribution in [0.25, 0.3) is 10.6 Å². The zero-order valence-electron chi connectivity index (χ0n) is 11.7. The molecule has 1 aromatic heterocycles. The molecule has 0 aliphatic carbocycles. The van der Waals surface area contributed by atoms with E-state index in [2.05, 4.69) is 20.9 Å². The maximum absolute atomic E-state index is 12.4. The zero-order chi connectivity index (χ0) is 15.6. The molecule has 0 radical (unpaired) electrons. The summed E-state index contributed by atoms with van der Waals surface area (Å²) in [6.07, 6.45) is 0. The van der Waals surface area contributed by atoms with E-state index in [1.54, 1.807) is 12.3 Å². The summed E-state index contributed by atoms with van der Waals surface area (Å²) in [6.45, 7) is 2.03. The Morgan fingerprint density at radius 1 is 1.38 bits per heavy atom. The van der Waals surface area contributed by atoms with Crippen LogP contribution in [0.5, 0.6) is 0 Å². The van der Waals surface area contributed by atoms with Crippen LogP contribution in [0.3, 0.4) is 0 Å². The second kappa shape index (κ2) is 6.53. The summed E-state index contributed by atoms with van der Waals surface area (Å²) < 4.78 is 27.1. The SMILES string of the molecule is CC(CN)N(C)S(=O)(=O)c1csc(-c2ccc(Br)cc2)n1. The standard InChI is InChI=1S/C13H16BrN3O2S2/c1-9(7-15)17(2)21(18,19)12-8-20-13(16-12)10-3-5-11(14)6-4-10/h3-6,8-9H,7,15H2,1-2H3. The predicted octanol–water partition coefficient (Wildman–Crippen LogP) is 2.54. The molecule has 0 saturated carbocycles. The van der Waals surface area contributed by atoms with Gasteiger partial charge in [0.2, 0.25) is 0 Å². The van der Waals surface area contributed by atoms with E-state index in [1.807, 2.05) is 24.3 Å². The third-order valence-corrected chi connectivity index (χ3v) is 6.60. The van der Waals surface area contributed by atoms with Crippen LogP contribution in [-0.2, 0) is 10.0 Å². The molecule has 1 aromatic carbocycles. The minimum absolute atomic E-state index is 0.0632. The summed E-state index contributed by atoms with van der Waals surface area (Å²) in [5.74, 6) is 0. The smallest absolute Gasteiger partial charge is 0.261 e. The third kappa shape index (κ3) is 3.51. The Bertz CT molecular complexity index is 713. The highest BCUT2D eigenvalue weighted by Crippen LogP contribution is 2.28. The number of sulfonamides is 1. The molecule has 21 heavy (non-hydrogen) atoms. The minimum Gasteiger partial charge on any atom is -0.329 e. The van der Waals surface area contributed by atoms with Crippen molar-refractivity contribution in [1.29, 1.82) is 0 Å². The number of hydrogen-bond donors (Lipinski definition) is 1. The van der Waals surface area contributed by atoms with Gasteiger partial charge in [0.15, 0.2) is 5.03 Å². The molecule has 2 aromatic rings. The van der Waals surface area contributed by atoms with E-state index >= 15 is 0 Å². The Balaban J connectivity index is 2.33. The van der Waals surface area contributed by atoms with Gasteiger partial charge in [0.05, 0.1) is 0 Å². The third-order valence-electron chi connectivity index (χ3n) is 3.18. The second-order valence-corrected chi connectivity index (χ2v) is 8.32. The zero-order valence-corrected chi connectivity index (χ0v) is 14.9. The molecule has 0 aliphatic heterocycles. The Kier molecular flexibility index (Phi) is 5.15. The van der Waals surface area contributed by atoms with Crippen molar-refractivity contribution in [1.82, 2.24) is 9.29 Å². The van der Waals surface area contributed by atoms with Crippen LogP contribution in [0.2, 0.25) is 0 Å². The quantitative estimate of drug-likeness (QED) is 0.851. The van der Waals surface area contributed by atoms with E-state index in [1.165, 1.54) is 22.7 Å². The summed E-state index contributed by atoms with van der Waals surface area (Å²) in [7, 11) is -2.08. The van der Waals surface area contributed by atoms with Crippen LogP contribution >= 0.6 is 27.3 Å². The van der Waals surface area contributed by atoms with Gasteiger partial charge in [-0.15, -0.1) is 11.3 Å². The van der Waals surface area contributed by atoms with Gasteiger partial charge in [-0.05, 0) is 19.1 Å². The van der Waals surface area contributed by atoms with Gasteiger partial charge in [-0.3, -0.25) is 0 Å². The lowest BCUT2D eigenvalue weighted by atomic mass is 10.2. The topological polar surface area (TPSA) is 76.3 Å². The van der Waals surface area contributed by atoms with Gasteiger partial charge in [0, 0.05) is 35.1 Å². The van der Waals surface area contributed by atoms with Crippen LogP contribution in [-0.4, -0.2) is 37.3 Å². The first-order chi connectivity index (χ1) is 9.86. The number of thiazole rings is 1. The summed E-state index contributed by atoms with van der Waals surface area (Å²) in [5, 5.41) is 2.30. The molecule has 0 bridgehead atoms. The van der Waals surface area contributed by atoms with Crippen molar-refractivity contribution in [2.75, 3.05) is 13.6 Å². The maximum atomic E-state index is 12.4. The van der Waals surface area contributed by atoms with Crippen molar-refractivity contribution in [2.45, 2.75) is 18.0 Å². The average molecular weight is 390 g/mol. The van der Waals surface area contributed by atoms with Crippen LogP contribution in [0.4, 0.5) is 0 Å². The van der Waals surface area contributed by atoms with E-state index in [4.69, 9.17) is 5.73 Å². The van der Waals surface area contributed by atoms with Crippen molar-refractivity contribution in [3.05, 3.63) is 34.1 Å². The molecule has 1 atom stereocenters. The number of halogens is 1. The molecule has 2 N–H and O–H groups in total. The van der Waals surface area contributed by atoms with Crippen molar-refractivity contribution >= 4 is 37.3 Å². The Hall–Kier alpha value is -0.800. The second-order valence-electron chi connectivity index (χ2n) is 4.60. The molecule has 0 spiro atoms. The van der Waals surface area contributed by atoms with Crippen LogP contribution in [0.1, 0.15) is 6.92 Å². The molecular weight excluding hydrogens is 374 g/mol. The Labute approximate surface area is 137 Å². The molecular formula is C13H16BrN3O2S2. The number of nitrogens with two attached hydrogens (primary N) is 1. The van der Waals surface area contributed by atoms with Crippen LogP contribution < -0.4 is 5.73 Å². The van der Waals surface area contributed by atoms with E-state index in [0.29, 0.717) is 5.01 Å². The van der Waals surface area contributed by atoms with Crippen LogP contribution in [0.15, 0.2) is 39.1 Å². The molecule has 0 fully saturated rings. The molecule has 0 saturated heterocycles. The van der Waals surface area contributed by atoms with Gasteiger partial charge in [-0.2, -0.15) is 4.31 Å². The minimum atomic E-state index is -3.60. The van der Waals surface area contributed by atoms with Crippen molar-refractivity contribution < 1.29 is 8.42 Å². The van der Waals surface area contributed by atoms with Gasteiger partial charge in [-0.25, -0.2) is 13.4 Å². The van der Waals surface area contributed by atoms with Gasteiger partial charge >= 0.3 is 0 Å². The number of likely N-dealkylation sites (N-methyl/N-ethyl adjacent to an activating group) is 1. The highest BCUT2D eigenvalue weighted by molar-refractivity contribution is 9.10.